The molecule has 0 aliphatic heterocycles. The monoisotopic (exact) mass is 173 g/mol. The fraction of sp³-hybridized carbons (Fsp3) is 0.889. The number of ether oxygens (including phenoxy) is 1. The van der Waals surface area contributed by atoms with Gasteiger partial charge in [0.25, 0.3) is 0 Å². The lowest BCUT2D eigenvalue weighted by atomic mass is 9.98. The highest BCUT2D eigenvalue weighted by molar-refractivity contribution is 4.82. The van der Waals surface area contributed by atoms with Crippen molar-refractivity contribution < 1.29 is 14.9 Å². The second kappa shape index (κ2) is 5.51. The van der Waals surface area contributed by atoms with E-state index < -0.39 is 6.10 Å². The molecular formula is C9H17O3. The van der Waals surface area contributed by atoms with Crippen LogP contribution in [0.15, 0.2) is 0 Å². The largest absolute Gasteiger partial charge is 0.394 e. The lowest BCUT2D eigenvalue weighted by Crippen LogP contribution is -2.22. The Morgan fingerprint density at radius 3 is 2.50 bits per heavy atom. The molecule has 1 aliphatic carbocycles. The van der Waals surface area contributed by atoms with Crippen LogP contribution in [0.2, 0.25) is 0 Å². The predicted octanol–water partition coefficient (Wildman–Crippen LogP) is 0.852. The molecule has 3 heteroatoms. The third-order valence-corrected chi connectivity index (χ3v) is 2.10. The van der Waals surface area contributed by atoms with Gasteiger partial charge in [-0.05, 0) is 12.8 Å². The number of hydrogen-bond acceptors (Lipinski definition) is 3. The van der Waals surface area contributed by atoms with Crippen LogP contribution < -0.4 is 0 Å². The summed E-state index contributed by atoms with van der Waals surface area (Å²) in [5, 5.41) is 17.5. The van der Waals surface area contributed by atoms with E-state index in [1.807, 2.05) is 0 Å². The summed E-state index contributed by atoms with van der Waals surface area (Å²) >= 11 is 0. The van der Waals surface area contributed by atoms with Gasteiger partial charge >= 0.3 is 0 Å². The van der Waals surface area contributed by atoms with Crippen LogP contribution in [-0.4, -0.2) is 29.5 Å². The van der Waals surface area contributed by atoms with Crippen molar-refractivity contribution >= 4 is 0 Å². The van der Waals surface area contributed by atoms with Crippen LogP contribution >= 0.6 is 0 Å². The second-order valence-electron chi connectivity index (χ2n) is 3.25. The van der Waals surface area contributed by atoms with Gasteiger partial charge in [0.15, 0.2) is 0 Å². The van der Waals surface area contributed by atoms with Gasteiger partial charge in [0, 0.05) is 0 Å². The van der Waals surface area contributed by atoms with Gasteiger partial charge in [-0.2, -0.15) is 0 Å². The smallest absolute Gasteiger partial charge is 0.100 e. The number of rotatable bonds is 4. The Hall–Kier alpha value is -0.120. The average molecular weight is 173 g/mol. The first-order chi connectivity index (χ1) is 5.83. The van der Waals surface area contributed by atoms with Crippen molar-refractivity contribution in [2.75, 3.05) is 13.2 Å². The fourth-order valence-corrected chi connectivity index (χ4v) is 1.36. The van der Waals surface area contributed by atoms with Crippen LogP contribution in [0.3, 0.4) is 0 Å². The van der Waals surface area contributed by atoms with E-state index in [9.17, 15) is 0 Å². The van der Waals surface area contributed by atoms with Crippen molar-refractivity contribution in [2.24, 2.45) is 0 Å². The van der Waals surface area contributed by atoms with E-state index in [0.717, 1.165) is 18.9 Å². The molecule has 0 aromatic heterocycles. The maximum atomic E-state index is 9.00. The molecule has 1 atom stereocenters. The minimum absolute atomic E-state index is 0.215. The quantitative estimate of drug-likeness (QED) is 0.662. The molecule has 1 radical (unpaired) electrons. The van der Waals surface area contributed by atoms with E-state index >= 15 is 0 Å². The molecule has 1 saturated carbocycles. The van der Waals surface area contributed by atoms with Crippen molar-refractivity contribution in [3.05, 3.63) is 6.10 Å². The molecule has 0 amide bonds. The Morgan fingerprint density at radius 2 is 1.92 bits per heavy atom. The average Bonchev–Trinajstić information content (AvgIpc) is 2.16. The molecule has 0 heterocycles. The molecule has 2 N–H and O–H groups in total. The number of hydrogen-bond donors (Lipinski definition) is 2. The lowest BCUT2D eigenvalue weighted by molar-refractivity contribution is 0.00220. The summed E-state index contributed by atoms with van der Waals surface area (Å²) in [5.74, 6) is 0. The third kappa shape index (κ3) is 3.52. The molecule has 1 rings (SSSR count). The van der Waals surface area contributed by atoms with Gasteiger partial charge in [-0.3, -0.25) is 0 Å². The van der Waals surface area contributed by atoms with Gasteiger partial charge in [-0.25, -0.2) is 0 Å². The lowest BCUT2D eigenvalue weighted by Gasteiger charge is -2.21. The van der Waals surface area contributed by atoms with Crippen LogP contribution in [0.25, 0.3) is 0 Å². The van der Waals surface area contributed by atoms with Gasteiger partial charge in [0.1, 0.15) is 6.10 Å². The molecule has 1 fully saturated rings. The molecule has 0 aromatic rings. The first-order valence-electron chi connectivity index (χ1n) is 4.59. The highest BCUT2D eigenvalue weighted by atomic mass is 16.5. The zero-order chi connectivity index (χ0) is 8.81. The fourth-order valence-electron chi connectivity index (χ4n) is 1.36. The minimum atomic E-state index is -0.723. The highest BCUT2D eigenvalue weighted by Crippen LogP contribution is 2.26. The molecule has 12 heavy (non-hydrogen) atoms. The molecule has 0 saturated heterocycles. The summed E-state index contributed by atoms with van der Waals surface area (Å²) in [6, 6.07) is 0. The van der Waals surface area contributed by atoms with E-state index in [2.05, 4.69) is 0 Å². The van der Waals surface area contributed by atoms with Gasteiger partial charge < -0.3 is 14.9 Å². The van der Waals surface area contributed by atoms with Crippen LogP contribution in [0.4, 0.5) is 0 Å². The van der Waals surface area contributed by atoms with Gasteiger partial charge in [-0.1, -0.05) is 19.3 Å². The summed E-state index contributed by atoms with van der Waals surface area (Å²) in [7, 11) is 0. The Labute approximate surface area is 73.4 Å². The van der Waals surface area contributed by atoms with Crippen molar-refractivity contribution in [1.82, 2.24) is 0 Å². The zero-order valence-electron chi connectivity index (χ0n) is 7.33. The summed E-state index contributed by atoms with van der Waals surface area (Å²) in [4.78, 5) is 0. The van der Waals surface area contributed by atoms with Crippen LogP contribution in [-0.2, 0) is 4.74 Å². The van der Waals surface area contributed by atoms with Crippen molar-refractivity contribution in [3.63, 3.8) is 0 Å². The third-order valence-electron chi connectivity index (χ3n) is 2.10. The van der Waals surface area contributed by atoms with Crippen molar-refractivity contribution in [2.45, 2.75) is 38.2 Å². The van der Waals surface area contributed by atoms with E-state index in [4.69, 9.17) is 14.9 Å². The number of aliphatic hydroxyl groups is 2. The van der Waals surface area contributed by atoms with Crippen LogP contribution in [0.5, 0.6) is 0 Å². The van der Waals surface area contributed by atoms with Crippen molar-refractivity contribution in [3.8, 4) is 0 Å². The topological polar surface area (TPSA) is 49.7 Å². The molecule has 1 aliphatic rings. The molecule has 0 aromatic carbocycles. The van der Waals surface area contributed by atoms with Crippen LogP contribution in [0.1, 0.15) is 32.1 Å². The SMILES string of the molecule is OCC(O)CO[C]1CCCCC1. The van der Waals surface area contributed by atoms with Gasteiger partial charge in [-0.15, -0.1) is 0 Å². The van der Waals surface area contributed by atoms with E-state index in [-0.39, 0.29) is 13.2 Å². The van der Waals surface area contributed by atoms with Gasteiger partial charge in [0.05, 0.1) is 19.3 Å². The predicted molar refractivity (Wildman–Crippen MR) is 45.4 cm³/mol. The maximum absolute atomic E-state index is 9.00. The van der Waals surface area contributed by atoms with Crippen molar-refractivity contribution in [1.29, 1.82) is 0 Å². The normalized spacial score (nSPS) is 22.5. The molecular weight excluding hydrogens is 156 g/mol. The summed E-state index contributed by atoms with van der Waals surface area (Å²) in [5.41, 5.74) is 0. The summed E-state index contributed by atoms with van der Waals surface area (Å²) in [6.45, 7) is 0.0269. The number of aliphatic hydroxyl groups excluding tert-OH is 2. The maximum Gasteiger partial charge on any atom is 0.100 e. The standard InChI is InChI=1S/C9H17O3/c10-6-8(11)7-12-9-4-2-1-3-5-9/h8,10-11H,1-7H2. The van der Waals surface area contributed by atoms with Crippen LogP contribution in [0, 0.1) is 6.10 Å². The molecule has 0 bridgehead atoms. The first-order valence-corrected chi connectivity index (χ1v) is 4.59. The Balaban J connectivity index is 2.05. The Morgan fingerprint density at radius 1 is 1.25 bits per heavy atom. The molecule has 3 nitrogen and oxygen atoms in total. The first kappa shape index (κ1) is 9.96. The highest BCUT2D eigenvalue weighted by Gasteiger charge is 2.15. The molecule has 71 valence electrons. The Kier molecular flexibility index (Phi) is 4.58. The minimum Gasteiger partial charge on any atom is -0.394 e. The van der Waals surface area contributed by atoms with E-state index in [1.54, 1.807) is 0 Å². The summed E-state index contributed by atoms with van der Waals surface area (Å²) in [6.07, 6.45) is 6.11. The zero-order valence-corrected chi connectivity index (χ0v) is 7.33. The summed E-state index contributed by atoms with van der Waals surface area (Å²) < 4.78 is 5.34. The van der Waals surface area contributed by atoms with E-state index in [1.165, 1.54) is 19.3 Å². The second-order valence-corrected chi connectivity index (χ2v) is 3.25. The van der Waals surface area contributed by atoms with E-state index in [0.29, 0.717) is 0 Å². The van der Waals surface area contributed by atoms with Gasteiger partial charge in [0.2, 0.25) is 0 Å². The Bertz CT molecular complexity index is 110. The molecule has 0 spiro atoms. The molecule has 1 unspecified atom stereocenters.